The van der Waals surface area contributed by atoms with Crippen molar-refractivity contribution in [3.8, 4) is 6.07 Å². The summed E-state index contributed by atoms with van der Waals surface area (Å²) in [5.74, 6) is 0.0554. The Kier molecular flexibility index (Phi) is 8.79. The molecule has 0 bridgehead atoms. The molecule has 2 heterocycles. The molecule has 2 aliphatic heterocycles. The molecule has 1 unspecified atom stereocenters. The van der Waals surface area contributed by atoms with Crippen molar-refractivity contribution in [3.05, 3.63) is 29.3 Å². The average Bonchev–Trinajstić information content (AvgIpc) is 3.17. The maximum absolute atomic E-state index is 13.5. The van der Waals surface area contributed by atoms with Gasteiger partial charge in [-0.15, -0.1) is 0 Å². The van der Waals surface area contributed by atoms with E-state index in [9.17, 15) is 18.0 Å². The smallest absolute Gasteiger partial charge is 0.382 e. The van der Waals surface area contributed by atoms with Gasteiger partial charge in [-0.2, -0.15) is 18.4 Å². The lowest BCUT2D eigenvalue weighted by atomic mass is 9.71. The van der Waals surface area contributed by atoms with Crippen LogP contribution >= 0.6 is 0 Å². The van der Waals surface area contributed by atoms with Crippen molar-refractivity contribution in [1.82, 2.24) is 4.90 Å². The third-order valence-corrected chi connectivity index (χ3v) is 6.90. The average molecular weight is 484 g/mol. The number of carbonyl (C=O) groups excluding carboxylic acids is 1. The molecule has 0 aliphatic carbocycles. The van der Waals surface area contributed by atoms with Crippen LogP contribution in [-0.2, 0) is 25.2 Å². The van der Waals surface area contributed by atoms with Gasteiger partial charge in [-0.3, -0.25) is 4.79 Å². The number of hydrogen-bond donors (Lipinski definition) is 0. The van der Waals surface area contributed by atoms with Crippen LogP contribution in [0.15, 0.2) is 18.2 Å². The van der Waals surface area contributed by atoms with Crippen molar-refractivity contribution in [2.75, 3.05) is 71.2 Å². The van der Waals surface area contributed by atoms with E-state index in [4.69, 9.17) is 19.5 Å². The molecule has 0 saturated carbocycles. The van der Waals surface area contributed by atoms with Gasteiger partial charge in [-0.1, -0.05) is 0 Å². The molecule has 2 saturated heterocycles. The first-order valence-electron chi connectivity index (χ1n) is 11.5. The number of carbonyl (C=O) groups is 1. The molecule has 0 radical (unpaired) electrons. The van der Waals surface area contributed by atoms with Gasteiger partial charge in [0.15, 0.2) is 0 Å². The molecule has 2 aliphatic rings. The Bertz CT molecular complexity index is 879. The third kappa shape index (κ3) is 6.01. The van der Waals surface area contributed by atoms with Gasteiger partial charge in [0.1, 0.15) is 6.61 Å². The van der Waals surface area contributed by atoms with Crippen molar-refractivity contribution in [3.63, 3.8) is 0 Å². The summed E-state index contributed by atoms with van der Waals surface area (Å²) in [5, 5.41) is 9.11. The van der Waals surface area contributed by atoms with Crippen LogP contribution in [0.2, 0.25) is 0 Å². The van der Waals surface area contributed by atoms with Gasteiger partial charge in [0.05, 0.1) is 37.0 Å². The van der Waals surface area contributed by atoms with Crippen LogP contribution in [0.3, 0.4) is 0 Å². The van der Waals surface area contributed by atoms with Crippen LogP contribution in [0.5, 0.6) is 0 Å². The summed E-state index contributed by atoms with van der Waals surface area (Å²) in [5.41, 5.74) is -1.04. The van der Waals surface area contributed by atoms with Crippen LogP contribution in [0, 0.1) is 22.7 Å². The van der Waals surface area contributed by atoms with E-state index in [1.54, 1.807) is 24.1 Å². The standard InChI is InChI=1S/C24H32F3N3O4/c1-3-33-16-22(31)29-8-6-23(7-9-29)17-30(14-19(23)15-34-11-10-32-2)20-5-4-18(13-28)21(12-20)24(25,26)27/h4-5,12,19H,3,6-11,14-17H2,1-2H3. The summed E-state index contributed by atoms with van der Waals surface area (Å²) in [6, 6.07) is 5.53. The zero-order chi connectivity index (χ0) is 24.8. The number of rotatable bonds is 9. The Hall–Kier alpha value is -2.35. The predicted octanol–water partition coefficient (Wildman–Crippen LogP) is 3.32. The maximum atomic E-state index is 13.5. The highest BCUT2D eigenvalue weighted by molar-refractivity contribution is 5.77. The Morgan fingerprint density at radius 3 is 2.59 bits per heavy atom. The second-order valence-corrected chi connectivity index (χ2v) is 8.86. The topological polar surface area (TPSA) is 75.0 Å². The fourth-order valence-corrected chi connectivity index (χ4v) is 4.94. The summed E-state index contributed by atoms with van der Waals surface area (Å²) in [6.07, 6.45) is -3.13. The largest absolute Gasteiger partial charge is 0.417 e. The lowest BCUT2D eigenvalue weighted by Gasteiger charge is -2.42. The zero-order valence-corrected chi connectivity index (χ0v) is 19.7. The van der Waals surface area contributed by atoms with E-state index in [0.29, 0.717) is 58.3 Å². The molecule has 2 fully saturated rings. The lowest BCUT2D eigenvalue weighted by Crippen LogP contribution is -2.48. The first kappa shape index (κ1) is 26.3. The van der Waals surface area contributed by atoms with E-state index in [-0.39, 0.29) is 29.4 Å². The molecule has 1 atom stereocenters. The van der Waals surface area contributed by atoms with E-state index < -0.39 is 11.7 Å². The highest BCUT2D eigenvalue weighted by Gasteiger charge is 2.49. The van der Waals surface area contributed by atoms with E-state index in [2.05, 4.69) is 0 Å². The molecular weight excluding hydrogens is 451 g/mol. The maximum Gasteiger partial charge on any atom is 0.417 e. The fraction of sp³-hybridized carbons (Fsp3) is 0.667. The van der Waals surface area contributed by atoms with Crippen molar-refractivity contribution in [2.24, 2.45) is 11.3 Å². The number of likely N-dealkylation sites (tertiary alicyclic amines) is 1. The minimum atomic E-state index is -4.60. The van der Waals surface area contributed by atoms with Gasteiger partial charge in [0, 0.05) is 51.5 Å². The summed E-state index contributed by atoms with van der Waals surface area (Å²) in [4.78, 5) is 16.1. The number of methoxy groups -OCH3 is 1. The lowest BCUT2D eigenvalue weighted by molar-refractivity contribution is -0.139. The highest BCUT2D eigenvalue weighted by atomic mass is 19.4. The van der Waals surface area contributed by atoms with Gasteiger partial charge in [0.25, 0.3) is 0 Å². The number of amides is 1. The van der Waals surface area contributed by atoms with Crippen molar-refractivity contribution < 1.29 is 32.2 Å². The number of alkyl halides is 3. The number of nitriles is 1. The monoisotopic (exact) mass is 483 g/mol. The van der Waals surface area contributed by atoms with Crippen molar-refractivity contribution in [2.45, 2.75) is 25.9 Å². The van der Waals surface area contributed by atoms with Crippen LogP contribution in [0.4, 0.5) is 18.9 Å². The number of halogens is 3. The third-order valence-electron chi connectivity index (χ3n) is 6.90. The minimum absolute atomic E-state index is 0.0404. The van der Waals surface area contributed by atoms with Gasteiger partial charge in [-0.25, -0.2) is 0 Å². The molecule has 1 spiro atoms. The minimum Gasteiger partial charge on any atom is -0.382 e. The molecule has 1 aromatic rings. The summed E-state index contributed by atoms with van der Waals surface area (Å²) >= 11 is 0. The summed E-state index contributed by atoms with van der Waals surface area (Å²) < 4.78 is 56.7. The van der Waals surface area contributed by atoms with E-state index in [1.807, 2.05) is 11.8 Å². The normalized spacial score (nSPS) is 20.1. The number of piperidine rings is 1. The van der Waals surface area contributed by atoms with E-state index >= 15 is 0 Å². The summed E-state index contributed by atoms with van der Waals surface area (Å²) in [6.45, 7) is 6.03. The van der Waals surface area contributed by atoms with Crippen LogP contribution in [0.1, 0.15) is 30.9 Å². The van der Waals surface area contributed by atoms with E-state index in [1.165, 1.54) is 6.07 Å². The molecular formula is C24H32F3N3O4. The Morgan fingerprint density at radius 1 is 1.24 bits per heavy atom. The molecule has 34 heavy (non-hydrogen) atoms. The van der Waals surface area contributed by atoms with Crippen LogP contribution in [0.25, 0.3) is 0 Å². The van der Waals surface area contributed by atoms with Crippen molar-refractivity contribution in [1.29, 1.82) is 5.26 Å². The number of ether oxygens (including phenoxy) is 3. The fourth-order valence-electron chi connectivity index (χ4n) is 4.94. The number of anilines is 1. The second-order valence-electron chi connectivity index (χ2n) is 8.86. The highest BCUT2D eigenvalue weighted by Crippen LogP contribution is 2.47. The quantitative estimate of drug-likeness (QED) is 0.502. The Balaban J connectivity index is 1.78. The van der Waals surface area contributed by atoms with E-state index in [0.717, 1.165) is 18.9 Å². The Morgan fingerprint density at radius 2 is 1.97 bits per heavy atom. The first-order chi connectivity index (χ1) is 16.2. The van der Waals surface area contributed by atoms with Crippen molar-refractivity contribution >= 4 is 11.6 Å². The predicted molar refractivity (Wildman–Crippen MR) is 119 cm³/mol. The number of hydrogen-bond acceptors (Lipinski definition) is 6. The molecule has 1 amide bonds. The Labute approximate surface area is 198 Å². The zero-order valence-electron chi connectivity index (χ0n) is 19.7. The molecule has 3 rings (SSSR count). The molecule has 7 nitrogen and oxygen atoms in total. The van der Waals surface area contributed by atoms with Crippen LogP contribution < -0.4 is 4.90 Å². The molecule has 0 N–H and O–H groups in total. The molecule has 10 heteroatoms. The number of nitrogens with zero attached hydrogens (tertiary/aromatic N) is 3. The first-order valence-corrected chi connectivity index (χ1v) is 11.5. The van der Waals surface area contributed by atoms with Gasteiger partial charge < -0.3 is 24.0 Å². The summed E-state index contributed by atoms with van der Waals surface area (Å²) in [7, 11) is 1.60. The van der Waals surface area contributed by atoms with Gasteiger partial charge in [0.2, 0.25) is 5.91 Å². The van der Waals surface area contributed by atoms with Crippen LogP contribution in [-0.4, -0.2) is 77.1 Å². The molecule has 188 valence electrons. The van der Waals surface area contributed by atoms with Gasteiger partial charge >= 0.3 is 6.18 Å². The number of benzene rings is 1. The second kappa shape index (κ2) is 11.4. The molecule has 1 aromatic carbocycles. The SMILES string of the molecule is CCOCC(=O)N1CCC2(CC1)CN(c1ccc(C#N)c(C(F)(F)F)c1)CC2COCCOC. The molecule has 0 aromatic heterocycles. The van der Waals surface area contributed by atoms with Gasteiger partial charge in [-0.05, 0) is 43.4 Å².